The molecule has 112 valence electrons. The Bertz CT molecular complexity index is 649. The Morgan fingerprint density at radius 2 is 1.52 bits per heavy atom. The molecule has 0 bridgehead atoms. The number of hydrogen-bond donors (Lipinski definition) is 1. The van der Waals surface area contributed by atoms with E-state index in [0.717, 1.165) is 34.0 Å². The lowest BCUT2D eigenvalue weighted by Gasteiger charge is -2.15. The highest BCUT2D eigenvalue weighted by Gasteiger charge is 2.11. The monoisotopic (exact) mass is 307 g/mol. The van der Waals surface area contributed by atoms with Crippen molar-refractivity contribution in [2.75, 3.05) is 19.5 Å². The third-order valence-corrected chi connectivity index (χ3v) is 3.55. The second-order valence-corrected chi connectivity index (χ2v) is 5.02. The molecule has 0 amide bonds. The molecule has 2 aromatic rings. The van der Waals surface area contributed by atoms with Crippen molar-refractivity contribution in [3.63, 3.8) is 0 Å². The van der Waals surface area contributed by atoms with Gasteiger partial charge in [0, 0.05) is 34.6 Å². The maximum absolute atomic E-state index is 5.92. The van der Waals surface area contributed by atoms with Crippen molar-refractivity contribution >= 4 is 23.1 Å². The standard InChI is InChI=1S/C15H18ClN3O2/c1-8-10(3)17-15(16)19-14(8)18-11-6-12(20-4)9(2)13(7-11)21-5/h6-7H,1-5H3,(H,17,18,19). The Morgan fingerprint density at radius 3 is 2.05 bits per heavy atom. The van der Waals surface area contributed by atoms with Gasteiger partial charge in [0.05, 0.1) is 14.2 Å². The molecule has 0 aliphatic rings. The van der Waals surface area contributed by atoms with Crippen LogP contribution in [0.1, 0.15) is 16.8 Å². The molecule has 0 aliphatic carbocycles. The first-order valence-corrected chi connectivity index (χ1v) is 6.84. The van der Waals surface area contributed by atoms with E-state index in [-0.39, 0.29) is 5.28 Å². The van der Waals surface area contributed by atoms with Crippen molar-refractivity contribution < 1.29 is 9.47 Å². The first-order valence-electron chi connectivity index (χ1n) is 6.46. The van der Waals surface area contributed by atoms with Crippen molar-refractivity contribution in [1.29, 1.82) is 0 Å². The molecule has 0 fully saturated rings. The van der Waals surface area contributed by atoms with E-state index in [0.29, 0.717) is 5.82 Å². The molecule has 0 unspecified atom stereocenters. The van der Waals surface area contributed by atoms with Gasteiger partial charge in [-0.3, -0.25) is 0 Å². The smallest absolute Gasteiger partial charge is 0.224 e. The fourth-order valence-corrected chi connectivity index (χ4v) is 2.22. The lowest BCUT2D eigenvalue weighted by Crippen LogP contribution is -2.02. The van der Waals surface area contributed by atoms with Gasteiger partial charge in [0.25, 0.3) is 0 Å². The van der Waals surface area contributed by atoms with E-state index < -0.39 is 0 Å². The quantitative estimate of drug-likeness (QED) is 0.870. The van der Waals surface area contributed by atoms with Gasteiger partial charge in [-0.1, -0.05) is 0 Å². The molecule has 6 heteroatoms. The Balaban J connectivity index is 2.45. The van der Waals surface area contributed by atoms with Gasteiger partial charge in [-0.25, -0.2) is 9.97 Å². The maximum Gasteiger partial charge on any atom is 0.224 e. The molecular weight excluding hydrogens is 290 g/mol. The number of halogens is 1. The highest BCUT2D eigenvalue weighted by molar-refractivity contribution is 6.28. The van der Waals surface area contributed by atoms with Crippen molar-refractivity contribution in [3.8, 4) is 11.5 Å². The minimum Gasteiger partial charge on any atom is -0.496 e. The molecule has 0 radical (unpaired) electrons. The molecule has 0 saturated carbocycles. The number of anilines is 2. The average molecular weight is 308 g/mol. The minimum absolute atomic E-state index is 0.214. The first kappa shape index (κ1) is 15.4. The van der Waals surface area contributed by atoms with Crippen LogP contribution in [-0.4, -0.2) is 24.2 Å². The molecule has 1 aromatic carbocycles. The highest BCUT2D eigenvalue weighted by atomic mass is 35.5. The summed E-state index contributed by atoms with van der Waals surface area (Å²) >= 11 is 5.92. The third-order valence-electron chi connectivity index (χ3n) is 3.38. The highest BCUT2D eigenvalue weighted by Crippen LogP contribution is 2.33. The summed E-state index contributed by atoms with van der Waals surface area (Å²) in [4.78, 5) is 8.35. The second-order valence-electron chi connectivity index (χ2n) is 4.68. The molecule has 1 aromatic heterocycles. The number of rotatable bonds is 4. The predicted octanol–water partition coefficient (Wildman–Crippen LogP) is 3.82. The van der Waals surface area contributed by atoms with E-state index in [1.807, 2.05) is 32.9 Å². The summed E-state index contributed by atoms with van der Waals surface area (Å²) in [7, 11) is 3.25. The number of methoxy groups -OCH3 is 2. The van der Waals surface area contributed by atoms with Gasteiger partial charge in [0.1, 0.15) is 17.3 Å². The number of nitrogens with zero attached hydrogens (tertiary/aromatic N) is 2. The van der Waals surface area contributed by atoms with Crippen LogP contribution in [0.5, 0.6) is 11.5 Å². The van der Waals surface area contributed by atoms with Crippen molar-refractivity contribution in [1.82, 2.24) is 9.97 Å². The normalized spacial score (nSPS) is 10.4. The van der Waals surface area contributed by atoms with Crippen LogP contribution in [0.15, 0.2) is 12.1 Å². The van der Waals surface area contributed by atoms with Gasteiger partial charge in [0.2, 0.25) is 5.28 Å². The predicted molar refractivity (Wildman–Crippen MR) is 84.1 cm³/mol. The fraction of sp³-hybridized carbons (Fsp3) is 0.333. The summed E-state index contributed by atoms with van der Waals surface area (Å²) in [5.41, 5.74) is 3.53. The van der Waals surface area contributed by atoms with E-state index in [2.05, 4.69) is 15.3 Å². The van der Waals surface area contributed by atoms with E-state index in [9.17, 15) is 0 Å². The van der Waals surface area contributed by atoms with Crippen LogP contribution in [0, 0.1) is 20.8 Å². The number of nitrogens with one attached hydrogen (secondary N) is 1. The number of aromatic nitrogens is 2. The SMILES string of the molecule is COc1cc(Nc2nc(Cl)nc(C)c2C)cc(OC)c1C. The fourth-order valence-electron chi connectivity index (χ4n) is 2.01. The molecule has 5 nitrogen and oxygen atoms in total. The first-order chi connectivity index (χ1) is 9.96. The van der Waals surface area contributed by atoms with Gasteiger partial charge in [-0.15, -0.1) is 0 Å². The van der Waals surface area contributed by atoms with Gasteiger partial charge >= 0.3 is 0 Å². The Hall–Kier alpha value is -2.01. The molecule has 2 rings (SSSR count). The minimum atomic E-state index is 0.214. The molecule has 21 heavy (non-hydrogen) atoms. The van der Waals surface area contributed by atoms with Crippen molar-refractivity contribution in [2.24, 2.45) is 0 Å². The van der Waals surface area contributed by atoms with Crippen molar-refractivity contribution in [2.45, 2.75) is 20.8 Å². The summed E-state index contributed by atoms with van der Waals surface area (Å²) in [5.74, 6) is 2.15. The lowest BCUT2D eigenvalue weighted by atomic mass is 10.1. The van der Waals surface area contributed by atoms with E-state index in [1.54, 1.807) is 14.2 Å². The Morgan fingerprint density at radius 1 is 0.952 bits per heavy atom. The number of benzene rings is 1. The van der Waals surface area contributed by atoms with Crippen molar-refractivity contribution in [3.05, 3.63) is 34.2 Å². The van der Waals surface area contributed by atoms with Gasteiger partial charge in [-0.2, -0.15) is 0 Å². The summed E-state index contributed by atoms with van der Waals surface area (Å²) in [6.45, 7) is 5.78. The average Bonchev–Trinajstić information content (AvgIpc) is 2.45. The zero-order chi connectivity index (χ0) is 15.6. The number of hydrogen-bond acceptors (Lipinski definition) is 5. The molecule has 1 N–H and O–H groups in total. The van der Waals surface area contributed by atoms with Crippen LogP contribution < -0.4 is 14.8 Å². The van der Waals surface area contributed by atoms with Gasteiger partial charge in [-0.05, 0) is 32.4 Å². The summed E-state index contributed by atoms with van der Waals surface area (Å²) in [5, 5.41) is 3.45. The van der Waals surface area contributed by atoms with Crippen LogP contribution in [0.2, 0.25) is 5.28 Å². The van der Waals surface area contributed by atoms with E-state index in [4.69, 9.17) is 21.1 Å². The maximum atomic E-state index is 5.92. The molecule has 0 spiro atoms. The van der Waals surface area contributed by atoms with E-state index in [1.165, 1.54) is 0 Å². The van der Waals surface area contributed by atoms with Crippen LogP contribution in [0.4, 0.5) is 11.5 Å². The largest absolute Gasteiger partial charge is 0.496 e. The summed E-state index contributed by atoms with van der Waals surface area (Å²) in [6.07, 6.45) is 0. The molecule has 0 saturated heterocycles. The third kappa shape index (κ3) is 3.19. The van der Waals surface area contributed by atoms with Gasteiger partial charge in [0.15, 0.2) is 0 Å². The van der Waals surface area contributed by atoms with Crippen LogP contribution in [0.3, 0.4) is 0 Å². The molecular formula is C15H18ClN3O2. The zero-order valence-electron chi connectivity index (χ0n) is 12.7. The lowest BCUT2D eigenvalue weighted by molar-refractivity contribution is 0.389. The zero-order valence-corrected chi connectivity index (χ0v) is 13.5. The molecule has 1 heterocycles. The summed E-state index contributed by atoms with van der Waals surface area (Å²) < 4.78 is 10.7. The van der Waals surface area contributed by atoms with Crippen LogP contribution in [-0.2, 0) is 0 Å². The number of ether oxygens (including phenoxy) is 2. The van der Waals surface area contributed by atoms with Crippen LogP contribution in [0.25, 0.3) is 0 Å². The Kier molecular flexibility index (Phi) is 4.53. The topological polar surface area (TPSA) is 56.3 Å². The number of aryl methyl sites for hydroxylation is 1. The van der Waals surface area contributed by atoms with Gasteiger partial charge < -0.3 is 14.8 Å². The second kappa shape index (κ2) is 6.18. The molecule has 0 atom stereocenters. The Labute approximate surface area is 129 Å². The van der Waals surface area contributed by atoms with Crippen LogP contribution >= 0.6 is 11.6 Å². The van der Waals surface area contributed by atoms with E-state index >= 15 is 0 Å². The molecule has 0 aliphatic heterocycles. The summed E-state index contributed by atoms with van der Waals surface area (Å²) in [6, 6.07) is 3.78.